The van der Waals surface area contributed by atoms with Crippen LogP contribution in [-0.2, 0) is 4.79 Å². The van der Waals surface area contributed by atoms with Gasteiger partial charge in [0.1, 0.15) is 5.92 Å². The van der Waals surface area contributed by atoms with Crippen LogP contribution in [0.2, 0.25) is 0 Å². The van der Waals surface area contributed by atoms with Crippen molar-refractivity contribution >= 4 is 5.97 Å². The molecule has 1 heterocycles. The van der Waals surface area contributed by atoms with Gasteiger partial charge in [-0.1, -0.05) is 0 Å². The van der Waals surface area contributed by atoms with Crippen LogP contribution in [0.1, 0.15) is 12.8 Å². The highest BCUT2D eigenvalue weighted by molar-refractivity contribution is 5.70. The molecule has 0 saturated carbocycles. The van der Waals surface area contributed by atoms with E-state index in [2.05, 4.69) is 7.05 Å². The molecule has 10 heavy (non-hydrogen) atoms. The summed E-state index contributed by atoms with van der Waals surface area (Å²) in [5.74, 6) is -0.715. The van der Waals surface area contributed by atoms with Crippen LogP contribution < -0.4 is 4.90 Å². The highest BCUT2D eigenvalue weighted by Gasteiger charge is 2.25. The predicted molar refractivity (Wildman–Crippen MR) is 37.0 cm³/mol. The number of rotatable bonds is 1. The largest absolute Gasteiger partial charge is 0.481 e. The molecule has 0 aromatic rings. The quantitative estimate of drug-likeness (QED) is 0.495. The maximum atomic E-state index is 10.5. The standard InChI is InChI=1S/C7H13NO2/c1-8-4-2-3-6(5-8)7(9)10/h6H,2-5H2,1H3,(H,9,10)/p+1. The van der Waals surface area contributed by atoms with Crippen LogP contribution in [0.4, 0.5) is 0 Å². The Labute approximate surface area is 60.6 Å². The number of carboxylic acid groups (broad SMARTS) is 1. The van der Waals surface area contributed by atoms with Crippen LogP contribution in [-0.4, -0.2) is 31.2 Å². The topological polar surface area (TPSA) is 41.7 Å². The summed E-state index contributed by atoms with van der Waals surface area (Å²) in [7, 11) is 2.05. The van der Waals surface area contributed by atoms with Gasteiger partial charge in [0.05, 0.1) is 20.1 Å². The fourth-order valence-corrected chi connectivity index (χ4v) is 1.49. The van der Waals surface area contributed by atoms with Gasteiger partial charge >= 0.3 is 5.97 Å². The molecule has 0 spiro atoms. The Morgan fingerprint density at radius 2 is 2.40 bits per heavy atom. The van der Waals surface area contributed by atoms with Gasteiger partial charge in [-0.25, -0.2) is 0 Å². The summed E-state index contributed by atoms with van der Waals surface area (Å²) in [6.45, 7) is 1.93. The van der Waals surface area contributed by atoms with Crippen molar-refractivity contribution in [2.24, 2.45) is 5.92 Å². The van der Waals surface area contributed by atoms with Gasteiger partial charge in [-0.2, -0.15) is 0 Å². The molecule has 3 heteroatoms. The molecule has 1 rings (SSSR count). The maximum absolute atomic E-state index is 10.5. The molecule has 1 aliphatic heterocycles. The smallest absolute Gasteiger partial charge is 0.312 e. The normalized spacial score (nSPS) is 33.7. The van der Waals surface area contributed by atoms with Crippen molar-refractivity contribution in [3.63, 3.8) is 0 Å². The number of piperidine rings is 1. The number of hydrogen-bond donors (Lipinski definition) is 2. The number of quaternary nitrogens is 1. The second kappa shape index (κ2) is 3.01. The van der Waals surface area contributed by atoms with Gasteiger partial charge in [0.15, 0.2) is 0 Å². The second-order valence-corrected chi connectivity index (χ2v) is 3.09. The lowest BCUT2D eigenvalue weighted by Gasteiger charge is -2.23. The molecule has 58 valence electrons. The molecule has 0 radical (unpaired) electrons. The fourth-order valence-electron chi connectivity index (χ4n) is 1.49. The molecule has 0 amide bonds. The molecule has 2 N–H and O–H groups in total. The molecule has 1 fully saturated rings. The molecular weight excluding hydrogens is 130 g/mol. The van der Waals surface area contributed by atoms with Crippen molar-refractivity contribution < 1.29 is 14.8 Å². The average Bonchev–Trinajstić information content (AvgIpc) is 1.88. The van der Waals surface area contributed by atoms with E-state index >= 15 is 0 Å². The lowest BCUT2D eigenvalue weighted by molar-refractivity contribution is -0.887. The molecule has 2 atom stereocenters. The molecule has 1 saturated heterocycles. The number of carboxylic acids is 1. The lowest BCUT2D eigenvalue weighted by atomic mass is 9.99. The van der Waals surface area contributed by atoms with Crippen molar-refractivity contribution in [2.45, 2.75) is 12.8 Å². The Hall–Kier alpha value is -0.570. The Bertz CT molecular complexity index is 136. The van der Waals surface area contributed by atoms with Crippen LogP contribution in [0.25, 0.3) is 0 Å². The first-order valence-electron chi connectivity index (χ1n) is 3.74. The van der Waals surface area contributed by atoms with Crippen LogP contribution in [0.5, 0.6) is 0 Å². The van der Waals surface area contributed by atoms with Crippen LogP contribution in [0.15, 0.2) is 0 Å². The average molecular weight is 144 g/mol. The van der Waals surface area contributed by atoms with E-state index in [1.165, 1.54) is 4.90 Å². The first kappa shape index (κ1) is 7.54. The summed E-state index contributed by atoms with van der Waals surface area (Å²) in [4.78, 5) is 11.8. The summed E-state index contributed by atoms with van der Waals surface area (Å²) < 4.78 is 0. The predicted octanol–water partition coefficient (Wildman–Crippen LogP) is -1.00. The lowest BCUT2D eigenvalue weighted by Crippen LogP contribution is -3.10. The van der Waals surface area contributed by atoms with Crippen LogP contribution in [0, 0.1) is 5.92 Å². The van der Waals surface area contributed by atoms with E-state index in [0.29, 0.717) is 0 Å². The molecule has 0 aromatic heterocycles. The Kier molecular flexibility index (Phi) is 2.27. The minimum atomic E-state index is -0.626. The third kappa shape index (κ3) is 1.70. The third-order valence-corrected chi connectivity index (χ3v) is 2.10. The maximum Gasteiger partial charge on any atom is 0.312 e. The molecular formula is C7H14NO2+. The highest BCUT2D eigenvalue weighted by atomic mass is 16.4. The van der Waals surface area contributed by atoms with E-state index in [-0.39, 0.29) is 5.92 Å². The summed E-state index contributed by atoms with van der Waals surface area (Å²) in [5, 5.41) is 8.64. The minimum Gasteiger partial charge on any atom is -0.481 e. The van der Waals surface area contributed by atoms with Crippen molar-refractivity contribution in [2.75, 3.05) is 20.1 Å². The van der Waals surface area contributed by atoms with Gasteiger partial charge in [-0.3, -0.25) is 4.79 Å². The van der Waals surface area contributed by atoms with E-state index in [4.69, 9.17) is 5.11 Å². The first-order valence-corrected chi connectivity index (χ1v) is 3.74. The zero-order chi connectivity index (χ0) is 7.56. The minimum absolute atomic E-state index is 0.0891. The number of nitrogens with one attached hydrogen (secondary N) is 1. The number of carbonyl (C=O) groups is 1. The molecule has 0 bridgehead atoms. The van der Waals surface area contributed by atoms with E-state index in [9.17, 15) is 4.79 Å². The Balaban J connectivity index is 2.39. The van der Waals surface area contributed by atoms with Gasteiger partial charge in [0.2, 0.25) is 0 Å². The van der Waals surface area contributed by atoms with Gasteiger partial charge in [-0.05, 0) is 12.8 Å². The zero-order valence-corrected chi connectivity index (χ0v) is 6.26. The van der Waals surface area contributed by atoms with Gasteiger partial charge < -0.3 is 10.0 Å². The van der Waals surface area contributed by atoms with Crippen LogP contribution in [0.3, 0.4) is 0 Å². The molecule has 1 aliphatic rings. The van der Waals surface area contributed by atoms with E-state index in [0.717, 1.165) is 25.9 Å². The second-order valence-electron chi connectivity index (χ2n) is 3.09. The summed E-state index contributed by atoms with van der Waals surface area (Å²) in [6.07, 6.45) is 1.93. The molecule has 0 aromatic carbocycles. The van der Waals surface area contributed by atoms with Crippen molar-refractivity contribution in [1.82, 2.24) is 0 Å². The number of aliphatic carboxylic acids is 1. The summed E-state index contributed by atoms with van der Waals surface area (Å²) in [5.41, 5.74) is 0. The van der Waals surface area contributed by atoms with E-state index in [1.807, 2.05) is 0 Å². The van der Waals surface area contributed by atoms with Crippen molar-refractivity contribution in [1.29, 1.82) is 0 Å². The monoisotopic (exact) mass is 144 g/mol. The number of hydrogen-bond acceptors (Lipinski definition) is 1. The highest BCUT2D eigenvalue weighted by Crippen LogP contribution is 2.06. The third-order valence-electron chi connectivity index (χ3n) is 2.10. The van der Waals surface area contributed by atoms with Gasteiger partial charge in [-0.15, -0.1) is 0 Å². The van der Waals surface area contributed by atoms with Crippen LogP contribution >= 0.6 is 0 Å². The first-order chi connectivity index (χ1) is 4.70. The molecule has 3 nitrogen and oxygen atoms in total. The van der Waals surface area contributed by atoms with E-state index < -0.39 is 5.97 Å². The Morgan fingerprint density at radius 3 is 2.80 bits per heavy atom. The SMILES string of the molecule is C[NH+]1CCCC(C(=O)O)C1. The van der Waals surface area contributed by atoms with Gasteiger partial charge in [0, 0.05) is 0 Å². The number of likely N-dealkylation sites (tertiary alicyclic amines) is 1. The molecule has 0 aliphatic carbocycles. The summed E-state index contributed by atoms with van der Waals surface area (Å²) in [6, 6.07) is 0. The van der Waals surface area contributed by atoms with Crippen molar-refractivity contribution in [3.05, 3.63) is 0 Å². The molecule has 2 unspecified atom stereocenters. The zero-order valence-electron chi connectivity index (χ0n) is 6.26. The Morgan fingerprint density at radius 1 is 1.70 bits per heavy atom. The van der Waals surface area contributed by atoms with Crippen molar-refractivity contribution in [3.8, 4) is 0 Å². The fraction of sp³-hybridized carbons (Fsp3) is 0.857. The van der Waals surface area contributed by atoms with E-state index in [1.54, 1.807) is 0 Å². The summed E-state index contributed by atoms with van der Waals surface area (Å²) >= 11 is 0. The van der Waals surface area contributed by atoms with Gasteiger partial charge in [0.25, 0.3) is 0 Å².